The molecule has 0 radical (unpaired) electrons. The van der Waals surface area contributed by atoms with Crippen LogP contribution in [0.4, 0.5) is 0 Å². The maximum atomic E-state index is 13.7. The van der Waals surface area contributed by atoms with Crippen molar-refractivity contribution < 1.29 is 18.0 Å². The van der Waals surface area contributed by atoms with Gasteiger partial charge in [0.25, 0.3) is 5.56 Å². The third-order valence-electron chi connectivity index (χ3n) is 8.62. The lowest BCUT2D eigenvalue weighted by Crippen LogP contribution is -2.43. The standard InChI is InChI=1S/C30H45N5O5SSi/c1-19(2)42(20(3)4,21(5)6)15-14-22-16-28(38)35(29-25(22)18-31-30(33-29)41(9,39)40)24-12-10-23(11-13-24)32-26(36)17-27(37)34(7)8/h16,18-21,23-24H,10-13,17H2,1-9H3,(H,32,36). The van der Waals surface area contributed by atoms with Gasteiger partial charge in [-0.15, -0.1) is 5.54 Å². The molecule has 2 aromatic heterocycles. The fourth-order valence-corrected chi connectivity index (χ4v) is 12.1. The second kappa shape index (κ2) is 13.1. The van der Waals surface area contributed by atoms with Crippen molar-refractivity contribution in [2.75, 3.05) is 20.4 Å². The topological polar surface area (TPSA) is 131 Å². The van der Waals surface area contributed by atoms with Gasteiger partial charge >= 0.3 is 0 Å². The fourth-order valence-electron chi connectivity index (χ4n) is 6.40. The summed E-state index contributed by atoms with van der Waals surface area (Å²) in [6.07, 6.45) is 4.68. The number of aromatic nitrogens is 3. The summed E-state index contributed by atoms with van der Waals surface area (Å²) in [6, 6.07) is 1.18. The molecule has 1 fully saturated rings. The number of nitrogens with one attached hydrogen (secondary N) is 1. The molecule has 0 aliphatic heterocycles. The van der Waals surface area contributed by atoms with E-state index >= 15 is 0 Å². The molecule has 2 heterocycles. The van der Waals surface area contributed by atoms with Gasteiger partial charge in [0, 0.05) is 50.3 Å². The van der Waals surface area contributed by atoms with Gasteiger partial charge < -0.3 is 10.2 Å². The highest BCUT2D eigenvalue weighted by Crippen LogP contribution is 2.41. The molecule has 2 amide bonds. The van der Waals surface area contributed by atoms with Crippen LogP contribution in [0.3, 0.4) is 0 Å². The van der Waals surface area contributed by atoms with Crippen LogP contribution in [0.2, 0.25) is 16.6 Å². The third kappa shape index (κ3) is 7.11. The Morgan fingerprint density at radius 1 is 1.07 bits per heavy atom. The quantitative estimate of drug-likeness (QED) is 0.207. The van der Waals surface area contributed by atoms with Crippen molar-refractivity contribution in [3.63, 3.8) is 0 Å². The maximum absolute atomic E-state index is 13.7. The van der Waals surface area contributed by atoms with Crippen LogP contribution >= 0.6 is 0 Å². The lowest BCUT2D eigenvalue weighted by atomic mass is 9.90. The van der Waals surface area contributed by atoms with Gasteiger partial charge in [0.2, 0.25) is 26.8 Å². The summed E-state index contributed by atoms with van der Waals surface area (Å²) in [7, 11) is -2.61. The monoisotopic (exact) mass is 615 g/mol. The number of hydrogen-bond donors (Lipinski definition) is 1. The summed E-state index contributed by atoms with van der Waals surface area (Å²) in [5.41, 5.74) is 5.35. The zero-order valence-corrected chi connectivity index (χ0v) is 28.1. The molecule has 1 N–H and O–H groups in total. The van der Waals surface area contributed by atoms with Crippen molar-refractivity contribution >= 4 is 40.8 Å². The van der Waals surface area contributed by atoms with Crippen LogP contribution in [0.25, 0.3) is 11.0 Å². The largest absolute Gasteiger partial charge is 0.353 e. The van der Waals surface area contributed by atoms with Crippen molar-refractivity contribution in [1.29, 1.82) is 0 Å². The Morgan fingerprint density at radius 2 is 1.64 bits per heavy atom. The number of sulfone groups is 1. The van der Waals surface area contributed by atoms with Crippen molar-refractivity contribution in [1.82, 2.24) is 24.8 Å². The van der Waals surface area contributed by atoms with E-state index < -0.39 is 17.9 Å². The SMILES string of the molecule is CC(C)[Si](C#Cc1cc(=O)n(C2CCC(NC(=O)CC(=O)N(C)C)CC2)c2nc(S(C)(=O)=O)ncc12)(C(C)C)C(C)C. The molecule has 1 aliphatic rings. The van der Waals surface area contributed by atoms with E-state index in [9.17, 15) is 22.8 Å². The smallest absolute Gasteiger partial charge is 0.253 e. The zero-order valence-electron chi connectivity index (χ0n) is 26.3. The molecule has 2 aromatic rings. The minimum Gasteiger partial charge on any atom is -0.353 e. The molecule has 0 unspecified atom stereocenters. The molecule has 0 atom stereocenters. The molecule has 230 valence electrons. The highest BCUT2D eigenvalue weighted by molar-refractivity contribution is 7.90. The van der Waals surface area contributed by atoms with E-state index in [1.807, 2.05) is 0 Å². The predicted molar refractivity (Wildman–Crippen MR) is 168 cm³/mol. The number of pyridine rings is 1. The summed E-state index contributed by atoms with van der Waals surface area (Å²) < 4.78 is 26.3. The Labute approximate surface area is 250 Å². The van der Waals surface area contributed by atoms with Crippen LogP contribution < -0.4 is 10.9 Å². The first kappa shape index (κ1) is 33.5. The summed E-state index contributed by atoms with van der Waals surface area (Å²) >= 11 is 0. The Morgan fingerprint density at radius 3 is 2.14 bits per heavy atom. The van der Waals surface area contributed by atoms with Crippen molar-refractivity contribution in [3.8, 4) is 11.5 Å². The Balaban J connectivity index is 2.04. The van der Waals surface area contributed by atoms with Gasteiger partial charge in [0.05, 0.1) is 5.39 Å². The minimum absolute atomic E-state index is 0.113. The first-order chi connectivity index (χ1) is 19.5. The van der Waals surface area contributed by atoms with Gasteiger partial charge in [-0.25, -0.2) is 13.4 Å². The lowest BCUT2D eigenvalue weighted by molar-refractivity contribution is -0.134. The van der Waals surface area contributed by atoms with E-state index in [0.29, 0.717) is 53.3 Å². The van der Waals surface area contributed by atoms with E-state index in [-0.39, 0.29) is 46.7 Å². The van der Waals surface area contributed by atoms with Gasteiger partial charge in [-0.1, -0.05) is 47.5 Å². The van der Waals surface area contributed by atoms with Crippen LogP contribution in [0.1, 0.15) is 85.3 Å². The number of fused-ring (bicyclic) bond motifs is 1. The van der Waals surface area contributed by atoms with Gasteiger partial charge in [-0.2, -0.15) is 4.98 Å². The molecule has 42 heavy (non-hydrogen) atoms. The van der Waals surface area contributed by atoms with Crippen LogP contribution in [-0.2, 0) is 19.4 Å². The van der Waals surface area contributed by atoms with E-state index in [1.165, 1.54) is 17.2 Å². The second-order valence-electron chi connectivity index (χ2n) is 12.6. The summed E-state index contributed by atoms with van der Waals surface area (Å²) in [5.74, 6) is 2.76. The van der Waals surface area contributed by atoms with E-state index in [4.69, 9.17) is 0 Å². The van der Waals surface area contributed by atoms with Crippen molar-refractivity contribution in [2.24, 2.45) is 0 Å². The maximum Gasteiger partial charge on any atom is 0.253 e. The second-order valence-corrected chi connectivity index (χ2v) is 20.1. The molecule has 10 nitrogen and oxygen atoms in total. The number of amides is 2. The van der Waals surface area contributed by atoms with Gasteiger partial charge in [0.15, 0.2) is 0 Å². The third-order valence-corrected chi connectivity index (χ3v) is 15.8. The summed E-state index contributed by atoms with van der Waals surface area (Å²) in [6.45, 7) is 13.3. The molecule has 0 saturated heterocycles. The summed E-state index contributed by atoms with van der Waals surface area (Å²) in [5, 5.41) is 3.14. The minimum atomic E-state index is -3.72. The molecular weight excluding hydrogens is 571 g/mol. The van der Waals surface area contributed by atoms with Crippen LogP contribution in [0.5, 0.6) is 0 Å². The first-order valence-corrected chi connectivity index (χ1v) is 18.8. The van der Waals surface area contributed by atoms with Gasteiger partial charge in [-0.05, 0) is 42.3 Å². The highest BCUT2D eigenvalue weighted by atomic mass is 32.2. The van der Waals surface area contributed by atoms with E-state index in [1.54, 1.807) is 18.7 Å². The lowest BCUT2D eigenvalue weighted by Gasteiger charge is -2.38. The van der Waals surface area contributed by atoms with Crippen molar-refractivity contribution in [3.05, 3.63) is 28.2 Å². The predicted octanol–water partition coefficient (Wildman–Crippen LogP) is 3.84. The number of nitrogens with zero attached hydrogens (tertiary/aromatic N) is 4. The van der Waals surface area contributed by atoms with Gasteiger partial charge in [-0.3, -0.25) is 19.0 Å². The van der Waals surface area contributed by atoms with E-state index in [0.717, 1.165) is 6.26 Å². The average Bonchev–Trinajstić information content (AvgIpc) is 2.88. The summed E-state index contributed by atoms with van der Waals surface area (Å²) in [4.78, 5) is 47.8. The molecule has 0 aromatic carbocycles. The normalized spacial score (nSPS) is 17.8. The van der Waals surface area contributed by atoms with Crippen LogP contribution in [-0.4, -0.2) is 74.1 Å². The first-order valence-electron chi connectivity index (χ1n) is 14.6. The molecule has 12 heteroatoms. The number of hydrogen-bond acceptors (Lipinski definition) is 7. The average molecular weight is 616 g/mol. The zero-order chi connectivity index (χ0) is 31.6. The van der Waals surface area contributed by atoms with Crippen LogP contribution in [0.15, 0.2) is 22.2 Å². The molecule has 1 saturated carbocycles. The van der Waals surface area contributed by atoms with E-state index in [2.05, 4.69) is 68.3 Å². The molecule has 3 rings (SSSR count). The number of rotatable bonds is 8. The number of carbonyl (C=O) groups is 2. The Hall–Kier alpha value is -3.04. The van der Waals surface area contributed by atoms with Gasteiger partial charge in [0.1, 0.15) is 20.1 Å². The Kier molecular flexibility index (Phi) is 10.4. The molecular formula is C30H45N5O5SSi. The van der Waals surface area contributed by atoms with Crippen molar-refractivity contribution in [2.45, 2.75) is 108 Å². The van der Waals surface area contributed by atoms with Crippen LogP contribution in [0, 0.1) is 11.5 Å². The number of carbonyl (C=O) groups excluding carboxylic acids is 2. The fraction of sp³-hybridized carbons (Fsp3) is 0.633. The molecule has 0 spiro atoms. The highest BCUT2D eigenvalue weighted by Gasteiger charge is 2.41. The Bertz CT molecular complexity index is 1540. The molecule has 1 aliphatic carbocycles. The molecule has 0 bridgehead atoms.